The number of H-pyrrole nitrogens is 1. The van der Waals surface area contributed by atoms with E-state index in [0.29, 0.717) is 5.69 Å². The van der Waals surface area contributed by atoms with Crippen molar-refractivity contribution < 1.29 is 8.78 Å². The molecular weight excluding hydrogens is 293 g/mol. The van der Waals surface area contributed by atoms with Crippen LogP contribution in [-0.4, -0.2) is 4.98 Å². The van der Waals surface area contributed by atoms with E-state index in [1.165, 1.54) is 6.07 Å². The molecule has 6 heteroatoms. The molecule has 3 nitrogen and oxygen atoms in total. The molecule has 0 amide bonds. The zero-order valence-corrected chi connectivity index (χ0v) is 8.64. The van der Waals surface area contributed by atoms with Crippen LogP contribution in [0.4, 0.5) is 8.78 Å². The summed E-state index contributed by atoms with van der Waals surface area (Å²) in [6.45, 7) is 0.0475. The summed E-state index contributed by atoms with van der Waals surface area (Å²) in [6.07, 6.45) is -2.67. The van der Waals surface area contributed by atoms with Crippen LogP contribution in [0.15, 0.2) is 10.9 Å². The molecule has 0 bridgehead atoms. The third-order valence-corrected chi connectivity index (χ3v) is 2.60. The molecule has 0 fully saturated rings. The number of halogens is 3. The van der Waals surface area contributed by atoms with Gasteiger partial charge in [0, 0.05) is 18.3 Å². The first-order chi connectivity index (χ1) is 6.06. The van der Waals surface area contributed by atoms with Crippen molar-refractivity contribution in [2.75, 3.05) is 0 Å². The second-order valence-corrected chi connectivity index (χ2v) is 3.47. The molecule has 72 valence electrons. The van der Waals surface area contributed by atoms with Crippen LogP contribution < -0.4 is 11.2 Å². The van der Waals surface area contributed by atoms with Gasteiger partial charge in [-0.05, 0) is 22.6 Å². The first kappa shape index (κ1) is 10.6. The van der Waals surface area contributed by atoms with Crippen molar-refractivity contribution >= 4 is 22.6 Å². The average molecular weight is 300 g/mol. The van der Waals surface area contributed by atoms with E-state index in [4.69, 9.17) is 5.73 Å². The fraction of sp³-hybridized carbons (Fsp3) is 0.286. The van der Waals surface area contributed by atoms with Gasteiger partial charge in [0.2, 0.25) is 0 Å². The number of nitrogens with two attached hydrogens (primary N) is 1. The number of hydrogen-bond acceptors (Lipinski definition) is 2. The van der Waals surface area contributed by atoms with Crippen molar-refractivity contribution in [2.24, 2.45) is 5.73 Å². The Morgan fingerprint density at radius 3 is 2.69 bits per heavy atom. The Morgan fingerprint density at radius 2 is 2.23 bits per heavy atom. The van der Waals surface area contributed by atoms with E-state index in [-0.39, 0.29) is 15.8 Å². The molecule has 1 aromatic heterocycles. The van der Waals surface area contributed by atoms with Crippen LogP contribution >= 0.6 is 22.6 Å². The lowest BCUT2D eigenvalue weighted by Crippen LogP contribution is -2.15. The quantitative estimate of drug-likeness (QED) is 0.811. The van der Waals surface area contributed by atoms with Crippen molar-refractivity contribution in [3.63, 3.8) is 0 Å². The lowest BCUT2D eigenvalue weighted by molar-refractivity contribution is 0.144. The first-order valence-corrected chi connectivity index (χ1v) is 4.54. The molecule has 0 unspecified atom stereocenters. The third kappa shape index (κ3) is 2.25. The second-order valence-electron chi connectivity index (χ2n) is 2.39. The van der Waals surface area contributed by atoms with Gasteiger partial charge in [0.05, 0.1) is 9.26 Å². The maximum atomic E-state index is 12.3. The van der Waals surface area contributed by atoms with Gasteiger partial charge in [-0.1, -0.05) is 0 Å². The summed E-state index contributed by atoms with van der Waals surface area (Å²) in [6, 6.07) is 1.23. The van der Waals surface area contributed by atoms with Gasteiger partial charge < -0.3 is 10.7 Å². The highest BCUT2D eigenvalue weighted by atomic mass is 127. The van der Waals surface area contributed by atoms with E-state index >= 15 is 0 Å². The van der Waals surface area contributed by atoms with E-state index in [0.717, 1.165) is 0 Å². The minimum Gasteiger partial charge on any atom is -0.355 e. The van der Waals surface area contributed by atoms with Crippen molar-refractivity contribution in [1.82, 2.24) is 4.98 Å². The van der Waals surface area contributed by atoms with Gasteiger partial charge in [0.1, 0.15) is 0 Å². The second kappa shape index (κ2) is 4.14. The normalized spacial score (nSPS) is 10.8. The minimum atomic E-state index is -2.67. The summed E-state index contributed by atoms with van der Waals surface area (Å²) < 4.78 is 24.6. The zero-order chi connectivity index (χ0) is 10.0. The summed E-state index contributed by atoms with van der Waals surface area (Å²) in [5.41, 5.74) is 4.77. The number of aromatic nitrogens is 1. The predicted octanol–water partition coefficient (Wildman–Crippen LogP) is 1.38. The molecule has 0 spiro atoms. The highest BCUT2D eigenvalue weighted by Crippen LogP contribution is 2.19. The SMILES string of the molecule is NCc1cc(=O)c(I)c(C(F)F)[nH]1. The number of hydrogen-bond donors (Lipinski definition) is 2. The van der Waals surface area contributed by atoms with Gasteiger partial charge in [-0.15, -0.1) is 0 Å². The molecule has 0 aliphatic carbocycles. The van der Waals surface area contributed by atoms with E-state index in [1.807, 2.05) is 0 Å². The Morgan fingerprint density at radius 1 is 1.62 bits per heavy atom. The Labute approximate surface area is 86.5 Å². The van der Waals surface area contributed by atoms with Crippen molar-refractivity contribution in [2.45, 2.75) is 13.0 Å². The number of aromatic amines is 1. The van der Waals surface area contributed by atoms with Crippen LogP contribution in [0, 0.1) is 3.57 Å². The number of nitrogens with one attached hydrogen (secondary N) is 1. The van der Waals surface area contributed by atoms with Gasteiger partial charge in [-0.2, -0.15) is 0 Å². The molecule has 0 saturated carbocycles. The van der Waals surface area contributed by atoms with Crippen LogP contribution in [0.1, 0.15) is 17.8 Å². The molecule has 0 aliphatic heterocycles. The molecule has 0 atom stereocenters. The molecule has 0 radical (unpaired) electrons. The Bertz CT molecular complexity index is 364. The lowest BCUT2D eigenvalue weighted by Gasteiger charge is -2.05. The van der Waals surface area contributed by atoms with Gasteiger partial charge in [0.25, 0.3) is 6.43 Å². The molecule has 0 aliphatic rings. The summed E-state index contributed by atoms with van der Waals surface area (Å²) >= 11 is 1.59. The minimum absolute atomic E-state index is 0.0183. The van der Waals surface area contributed by atoms with Gasteiger partial charge in [-0.25, -0.2) is 8.78 Å². The first-order valence-electron chi connectivity index (χ1n) is 3.46. The summed E-state index contributed by atoms with van der Waals surface area (Å²) in [7, 11) is 0. The Balaban J connectivity index is 3.33. The predicted molar refractivity (Wildman–Crippen MR) is 52.6 cm³/mol. The van der Waals surface area contributed by atoms with Crippen molar-refractivity contribution in [3.8, 4) is 0 Å². The highest BCUT2D eigenvalue weighted by Gasteiger charge is 2.15. The zero-order valence-electron chi connectivity index (χ0n) is 6.48. The largest absolute Gasteiger partial charge is 0.355 e. The topological polar surface area (TPSA) is 58.9 Å². The maximum absolute atomic E-state index is 12.3. The van der Waals surface area contributed by atoms with Gasteiger partial charge in [-0.3, -0.25) is 4.79 Å². The van der Waals surface area contributed by atoms with Crippen molar-refractivity contribution in [1.29, 1.82) is 0 Å². The van der Waals surface area contributed by atoms with E-state index in [1.54, 1.807) is 22.6 Å². The lowest BCUT2D eigenvalue weighted by atomic mass is 10.3. The number of alkyl halides is 2. The average Bonchev–Trinajstić information content (AvgIpc) is 2.09. The third-order valence-electron chi connectivity index (χ3n) is 1.49. The molecule has 1 rings (SSSR count). The number of rotatable bonds is 2. The van der Waals surface area contributed by atoms with Crippen LogP contribution in [0.25, 0.3) is 0 Å². The Kier molecular flexibility index (Phi) is 3.37. The fourth-order valence-corrected chi connectivity index (χ4v) is 1.40. The van der Waals surface area contributed by atoms with Crippen LogP contribution in [-0.2, 0) is 6.54 Å². The van der Waals surface area contributed by atoms with Gasteiger partial charge in [0.15, 0.2) is 5.43 Å². The molecule has 1 aromatic rings. The van der Waals surface area contributed by atoms with Gasteiger partial charge >= 0.3 is 0 Å². The smallest absolute Gasteiger partial charge is 0.279 e. The molecule has 13 heavy (non-hydrogen) atoms. The molecule has 1 heterocycles. The fourth-order valence-electron chi connectivity index (χ4n) is 0.879. The van der Waals surface area contributed by atoms with E-state index < -0.39 is 11.9 Å². The molecule has 0 aromatic carbocycles. The van der Waals surface area contributed by atoms with Crippen LogP contribution in [0.5, 0.6) is 0 Å². The summed E-state index contributed by atoms with van der Waals surface area (Å²) in [5, 5.41) is 0. The molecule has 0 saturated heterocycles. The van der Waals surface area contributed by atoms with E-state index in [9.17, 15) is 13.6 Å². The molecular formula is C7H7F2IN2O. The maximum Gasteiger partial charge on any atom is 0.279 e. The van der Waals surface area contributed by atoms with Crippen LogP contribution in [0.3, 0.4) is 0 Å². The standard InChI is InChI=1S/C7H7F2IN2O/c8-7(9)6-5(10)4(13)1-3(2-11)12-6/h1,7H,2,11H2,(H,12,13). The molecule has 3 N–H and O–H groups in total. The number of pyridine rings is 1. The van der Waals surface area contributed by atoms with E-state index in [2.05, 4.69) is 4.98 Å². The highest BCUT2D eigenvalue weighted by molar-refractivity contribution is 14.1. The summed E-state index contributed by atoms with van der Waals surface area (Å²) in [5.74, 6) is 0. The Hall–Kier alpha value is -0.500. The monoisotopic (exact) mass is 300 g/mol. The van der Waals surface area contributed by atoms with Crippen molar-refractivity contribution in [3.05, 3.63) is 31.2 Å². The van der Waals surface area contributed by atoms with Crippen LogP contribution in [0.2, 0.25) is 0 Å². The summed E-state index contributed by atoms with van der Waals surface area (Å²) in [4.78, 5) is 13.5.